The van der Waals surface area contributed by atoms with E-state index >= 15 is 0 Å². The number of nitrogens with zero attached hydrogens (tertiary/aromatic N) is 1. The Bertz CT molecular complexity index is 1460. The summed E-state index contributed by atoms with van der Waals surface area (Å²) in [6, 6.07) is 17.3. The van der Waals surface area contributed by atoms with Crippen LogP contribution in [-0.4, -0.2) is 45.5 Å². The van der Waals surface area contributed by atoms with Gasteiger partial charge in [0, 0.05) is 16.1 Å². The van der Waals surface area contributed by atoms with Crippen LogP contribution in [0.4, 0.5) is 0 Å². The van der Waals surface area contributed by atoms with Gasteiger partial charge in [-0.2, -0.15) is 0 Å². The fourth-order valence-electron chi connectivity index (χ4n) is 3.52. The van der Waals surface area contributed by atoms with Gasteiger partial charge < -0.3 is 19.2 Å². The zero-order valence-corrected chi connectivity index (χ0v) is 20.6. The topological polar surface area (TPSA) is 108 Å². The molecule has 180 valence electrons. The van der Waals surface area contributed by atoms with Crippen LogP contribution in [0, 0.1) is 0 Å². The van der Waals surface area contributed by atoms with Gasteiger partial charge in [0.05, 0.1) is 26.2 Å². The number of sulfone groups is 1. The fourth-order valence-corrected chi connectivity index (χ4v) is 5.02. The molecular formula is C25H21ClN2O6S. The van der Waals surface area contributed by atoms with Crippen molar-refractivity contribution < 1.29 is 27.4 Å². The lowest BCUT2D eigenvalue weighted by atomic mass is 10.1. The number of carbonyl (C=O) groups is 1. The number of ketones is 1. The lowest BCUT2D eigenvalue weighted by Crippen LogP contribution is -2.11. The van der Waals surface area contributed by atoms with Crippen LogP contribution in [0.1, 0.15) is 16.1 Å². The van der Waals surface area contributed by atoms with E-state index in [4.69, 9.17) is 25.8 Å². The number of rotatable bonds is 8. The van der Waals surface area contributed by atoms with Crippen LogP contribution in [0.25, 0.3) is 11.4 Å². The molecule has 0 radical (unpaired) electrons. The fraction of sp³-hybridized carbons (Fsp3) is 0.120. The van der Waals surface area contributed by atoms with E-state index in [0.29, 0.717) is 16.3 Å². The van der Waals surface area contributed by atoms with Crippen LogP contribution in [0.3, 0.4) is 0 Å². The number of hydrogen-bond acceptors (Lipinski definition) is 7. The molecule has 1 N–H and O–H groups in total. The summed E-state index contributed by atoms with van der Waals surface area (Å²) in [6.07, 6.45) is 0. The molecule has 1 aromatic heterocycles. The summed E-state index contributed by atoms with van der Waals surface area (Å²) in [6.45, 7) is 0. The number of methoxy groups -OCH3 is 3. The molecule has 10 heteroatoms. The smallest absolute Gasteiger partial charge is 0.224 e. The van der Waals surface area contributed by atoms with Gasteiger partial charge in [0.25, 0.3) is 0 Å². The lowest BCUT2D eigenvalue weighted by Gasteiger charge is -2.13. The number of imidazole rings is 1. The second kappa shape index (κ2) is 9.81. The number of hydrogen-bond donors (Lipinski definition) is 1. The normalized spacial score (nSPS) is 11.2. The monoisotopic (exact) mass is 512 g/mol. The first-order valence-electron chi connectivity index (χ1n) is 10.3. The largest absolute Gasteiger partial charge is 0.493 e. The van der Waals surface area contributed by atoms with E-state index in [1.165, 1.54) is 45.6 Å². The predicted octanol–water partition coefficient (Wildman–Crippen LogP) is 4.82. The third-order valence-electron chi connectivity index (χ3n) is 5.25. The SMILES string of the molecule is COc1cc(C(=O)c2nc(-c3ccc(Cl)cc3)[nH]c2S(=O)(=O)c2ccccc2)cc(OC)c1OC. The summed E-state index contributed by atoms with van der Waals surface area (Å²) in [5.41, 5.74) is 0.397. The highest BCUT2D eigenvalue weighted by atomic mass is 35.5. The minimum atomic E-state index is -4.11. The molecule has 0 aliphatic heterocycles. The molecule has 0 saturated carbocycles. The first-order chi connectivity index (χ1) is 16.8. The molecule has 0 aliphatic carbocycles. The molecule has 3 aromatic carbocycles. The Balaban J connectivity index is 1.92. The zero-order valence-electron chi connectivity index (χ0n) is 19.0. The third-order valence-corrected chi connectivity index (χ3v) is 7.23. The van der Waals surface area contributed by atoms with Gasteiger partial charge in [0.2, 0.25) is 21.4 Å². The Hall–Kier alpha value is -3.82. The second-order valence-corrected chi connectivity index (χ2v) is 9.65. The summed E-state index contributed by atoms with van der Waals surface area (Å²) in [5.74, 6) is 0.349. The standard InChI is InChI=1S/C25H21ClN2O6S/c1-32-19-13-16(14-20(33-2)23(19)34-3)22(29)21-25(35(30,31)18-7-5-4-6-8-18)28-24(27-21)15-9-11-17(26)12-10-15/h4-14H,1-3H3,(H,27,28). The summed E-state index contributed by atoms with van der Waals surface area (Å²) in [7, 11) is 0.170. The second-order valence-electron chi connectivity index (χ2n) is 7.33. The summed E-state index contributed by atoms with van der Waals surface area (Å²) >= 11 is 5.99. The number of aromatic nitrogens is 2. The van der Waals surface area contributed by atoms with Crippen LogP contribution in [0.5, 0.6) is 17.2 Å². The predicted molar refractivity (Wildman–Crippen MR) is 130 cm³/mol. The molecule has 0 fully saturated rings. The maximum Gasteiger partial charge on any atom is 0.224 e. The van der Waals surface area contributed by atoms with E-state index in [1.54, 1.807) is 42.5 Å². The van der Waals surface area contributed by atoms with Crippen LogP contribution in [0.2, 0.25) is 5.02 Å². The van der Waals surface area contributed by atoms with Crippen molar-refractivity contribution in [2.75, 3.05) is 21.3 Å². The van der Waals surface area contributed by atoms with Crippen LogP contribution in [0.15, 0.2) is 76.7 Å². The van der Waals surface area contributed by atoms with E-state index in [1.807, 2.05) is 0 Å². The quantitative estimate of drug-likeness (QED) is 0.337. The maximum absolute atomic E-state index is 13.7. The molecule has 35 heavy (non-hydrogen) atoms. The Labute approximate surface area is 207 Å². The van der Waals surface area contributed by atoms with Crippen molar-refractivity contribution in [1.82, 2.24) is 9.97 Å². The van der Waals surface area contributed by atoms with E-state index in [-0.39, 0.29) is 38.5 Å². The molecule has 8 nitrogen and oxygen atoms in total. The zero-order chi connectivity index (χ0) is 25.2. The van der Waals surface area contributed by atoms with Crippen molar-refractivity contribution in [3.63, 3.8) is 0 Å². The molecular weight excluding hydrogens is 492 g/mol. The molecule has 0 bridgehead atoms. The lowest BCUT2D eigenvalue weighted by molar-refractivity contribution is 0.103. The van der Waals surface area contributed by atoms with E-state index in [2.05, 4.69) is 9.97 Å². The van der Waals surface area contributed by atoms with Gasteiger partial charge in [-0.25, -0.2) is 13.4 Å². The van der Waals surface area contributed by atoms with Gasteiger partial charge in [0.1, 0.15) is 11.5 Å². The minimum absolute atomic E-state index is 0.0187. The van der Waals surface area contributed by atoms with Gasteiger partial charge in [-0.15, -0.1) is 0 Å². The van der Waals surface area contributed by atoms with Crippen molar-refractivity contribution >= 4 is 27.2 Å². The minimum Gasteiger partial charge on any atom is -0.493 e. The highest BCUT2D eigenvalue weighted by molar-refractivity contribution is 7.91. The van der Waals surface area contributed by atoms with Gasteiger partial charge in [-0.1, -0.05) is 29.8 Å². The van der Waals surface area contributed by atoms with Gasteiger partial charge in [-0.3, -0.25) is 4.79 Å². The van der Waals surface area contributed by atoms with E-state index in [9.17, 15) is 13.2 Å². The van der Waals surface area contributed by atoms with Crippen LogP contribution < -0.4 is 14.2 Å². The first-order valence-corrected chi connectivity index (χ1v) is 12.2. The first kappa shape index (κ1) is 24.3. The highest BCUT2D eigenvalue weighted by Crippen LogP contribution is 2.39. The number of benzene rings is 3. The van der Waals surface area contributed by atoms with E-state index in [0.717, 1.165) is 0 Å². The number of halogens is 1. The van der Waals surface area contributed by atoms with Crippen LogP contribution >= 0.6 is 11.6 Å². The number of ether oxygens (including phenoxy) is 3. The molecule has 0 aliphatic rings. The number of H-pyrrole nitrogens is 1. The number of nitrogens with one attached hydrogen (secondary N) is 1. The molecule has 0 spiro atoms. The third kappa shape index (κ3) is 4.60. The highest BCUT2D eigenvalue weighted by Gasteiger charge is 2.31. The summed E-state index contributed by atoms with van der Waals surface area (Å²) < 4.78 is 43.0. The molecule has 0 atom stereocenters. The summed E-state index contributed by atoms with van der Waals surface area (Å²) in [5, 5.41) is 0.179. The van der Waals surface area contributed by atoms with Gasteiger partial charge in [0.15, 0.2) is 16.5 Å². The molecule has 0 unspecified atom stereocenters. The maximum atomic E-state index is 13.7. The molecule has 1 heterocycles. The Kier molecular flexibility index (Phi) is 6.81. The average Bonchev–Trinajstić information content (AvgIpc) is 3.34. The molecule has 4 aromatic rings. The van der Waals surface area contributed by atoms with Crippen molar-refractivity contribution in [3.8, 4) is 28.6 Å². The molecule has 0 saturated heterocycles. The van der Waals surface area contributed by atoms with E-state index < -0.39 is 15.6 Å². The van der Waals surface area contributed by atoms with Crippen molar-refractivity contribution in [3.05, 3.63) is 83.0 Å². The molecule has 0 amide bonds. The Morgan fingerprint density at radius 3 is 2.03 bits per heavy atom. The van der Waals surface area contributed by atoms with Gasteiger partial charge >= 0.3 is 0 Å². The molecule has 4 rings (SSSR count). The van der Waals surface area contributed by atoms with Crippen molar-refractivity contribution in [1.29, 1.82) is 0 Å². The Morgan fingerprint density at radius 2 is 1.49 bits per heavy atom. The van der Waals surface area contributed by atoms with Gasteiger partial charge in [-0.05, 0) is 48.5 Å². The number of carbonyl (C=O) groups excluding carboxylic acids is 1. The van der Waals surface area contributed by atoms with Crippen LogP contribution in [-0.2, 0) is 9.84 Å². The Morgan fingerprint density at radius 1 is 0.886 bits per heavy atom. The summed E-state index contributed by atoms with van der Waals surface area (Å²) in [4.78, 5) is 20.9. The average molecular weight is 513 g/mol. The number of aromatic amines is 1. The van der Waals surface area contributed by atoms with Crippen molar-refractivity contribution in [2.45, 2.75) is 9.92 Å². The van der Waals surface area contributed by atoms with Crippen molar-refractivity contribution in [2.24, 2.45) is 0 Å².